The van der Waals surface area contributed by atoms with Crippen LogP contribution in [0.25, 0.3) is 0 Å². The second-order valence-corrected chi connectivity index (χ2v) is 2.60. The number of hydrogen-bond donors (Lipinski definition) is 3. The number of nitrogens with one attached hydrogen (secondary N) is 3. The molecule has 0 aliphatic carbocycles. The molecule has 0 aromatic heterocycles. The van der Waals surface area contributed by atoms with Gasteiger partial charge in [0.05, 0.1) is 0 Å². The normalized spacial score (nSPS) is 24.0. The van der Waals surface area contributed by atoms with E-state index in [0.29, 0.717) is 0 Å². The molecule has 0 aromatic rings. The van der Waals surface area contributed by atoms with Crippen molar-refractivity contribution in [1.29, 1.82) is 0 Å². The first-order valence-electron chi connectivity index (χ1n) is 4.12. The highest BCUT2D eigenvalue weighted by Crippen LogP contribution is 1.74. The van der Waals surface area contributed by atoms with E-state index in [-0.39, 0.29) is 0 Å². The number of rotatable bonds is 0. The van der Waals surface area contributed by atoms with Crippen LogP contribution < -0.4 is 16.0 Å². The van der Waals surface area contributed by atoms with Crippen LogP contribution in [0.3, 0.4) is 0 Å². The Bertz CT molecular complexity index is 42.0. The van der Waals surface area contributed by atoms with E-state index in [1.165, 1.54) is 6.42 Å². The van der Waals surface area contributed by atoms with Crippen LogP contribution in [-0.4, -0.2) is 39.3 Å². The molecule has 60 valence electrons. The molecular weight excluding hydrogens is 126 g/mol. The quantitative estimate of drug-likeness (QED) is 0.414. The first-order chi connectivity index (χ1) is 5.00. The van der Waals surface area contributed by atoms with Gasteiger partial charge >= 0.3 is 0 Å². The van der Waals surface area contributed by atoms with Gasteiger partial charge in [-0.25, -0.2) is 0 Å². The van der Waals surface area contributed by atoms with Gasteiger partial charge in [0.1, 0.15) is 0 Å². The fraction of sp³-hybridized carbons (Fsp3) is 1.00. The lowest BCUT2D eigenvalue weighted by molar-refractivity contribution is 0.532. The number of hydrogen-bond acceptors (Lipinski definition) is 3. The maximum Gasteiger partial charge on any atom is 0.00772 e. The monoisotopic (exact) mass is 143 g/mol. The summed E-state index contributed by atoms with van der Waals surface area (Å²) in [4.78, 5) is 0. The Morgan fingerprint density at radius 3 is 1.40 bits per heavy atom. The highest BCUT2D eigenvalue weighted by Gasteiger charge is 1.92. The predicted octanol–water partition coefficient (Wildman–Crippen LogP) is -0.841. The summed E-state index contributed by atoms with van der Waals surface area (Å²) in [5, 5.41) is 10.0. The van der Waals surface area contributed by atoms with E-state index in [1.807, 2.05) is 0 Å². The Morgan fingerprint density at radius 1 is 0.500 bits per heavy atom. The average molecular weight is 143 g/mol. The Kier molecular flexibility index (Phi) is 4.51. The standard InChI is InChI=1S/C7H17N3/c1-2-8-4-6-10-7-5-9-3-1/h8-10H,1-7H2. The largest absolute Gasteiger partial charge is 0.315 e. The lowest BCUT2D eigenvalue weighted by atomic mass is 10.4. The second-order valence-electron chi connectivity index (χ2n) is 2.60. The summed E-state index contributed by atoms with van der Waals surface area (Å²) in [5.74, 6) is 0. The molecular formula is C7H17N3. The Balaban J connectivity index is 2.00. The molecule has 0 bridgehead atoms. The molecule has 0 amide bonds. The first-order valence-corrected chi connectivity index (χ1v) is 4.12. The van der Waals surface area contributed by atoms with Crippen molar-refractivity contribution >= 4 is 0 Å². The van der Waals surface area contributed by atoms with Gasteiger partial charge in [-0.05, 0) is 19.5 Å². The summed E-state index contributed by atoms with van der Waals surface area (Å²) in [7, 11) is 0. The first kappa shape index (κ1) is 7.98. The summed E-state index contributed by atoms with van der Waals surface area (Å²) >= 11 is 0. The third-order valence-electron chi connectivity index (χ3n) is 1.66. The highest BCUT2D eigenvalue weighted by molar-refractivity contribution is 4.58. The van der Waals surface area contributed by atoms with E-state index in [9.17, 15) is 0 Å². The van der Waals surface area contributed by atoms with Crippen LogP contribution in [0.15, 0.2) is 0 Å². The molecule has 1 heterocycles. The summed E-state index contributed by atoms with van der Waals surface area (Å²) in [5.41, 5.74) is 0. The maximum absolute atomic E-state index is 3.35. The van der Waals surface area contributed by atoms with Crippen LogP contribution in [-0.2, 0) is 0 Å². The van der Waals surface area contributed by atoms with E-state index < -0.39 is 0 Å². The van der Waals surface area contributed by atoms with Crippen LogP contribution in [0.5, 0.6) is 0 Å². The van der Waals surface area contributed by atoms with E-state index in [4.69, 9.17) is 0 Å². The Morgan fingerprint density at radius 2 is 0.900 bits per heavy atom. The summed E-state index contributed by atoms with van der Waals surface area (Å²) in [6.45, 7) is 6.71. The van der Waals surface area contributed by atoms with Crippen LogP contribution >= 0.6 is 0 Å². The van der Waals surface area contributed by atoms with Crippen LogP contribution in [0.2, 0.25) is 0 Å². The molecule has 3 heteroatoms. The van der Waals surface area contributed by atoms with E-state index in [2.05, 4.69) is 16.0 Å². The minimum atomic E-state index is 1.10. The van der Waals surface area contributed by atoms with Crippen LogP contribution in [0.1, 0.15) is 6.42 Å². The Labute approximate surface area is 62.6 Å². The molecule has 3 nitrogen and oxygen atoms in total. The fourth-order valence-corrected chi connectivity index (χ4v) is 1.07. The topological polar surface area (TPSA) is 36.1 Å². The molecule has 1 aliphatic rings. The molecule has 0 radical (unpaired) electrons. The lowest BCUT2D eigenvalue weighted by Gasteiger charge is -2.10. The molecule has 0 spiro atoms. The zero-order valence-corrected chi connectivity index (χ0v) is 6.45. The van der Waals surface area contributed by atoms with Gasteiger partial charge in [0.2, 0.25) is 0 Å². The van der Waals surface area contributed by atoms with Gasteiger partial charge in [-0.1, -0.05) is 0 Å². The third-order valence-corrected chi connectivity index (χ3v) is 1.66. The molecule has 0 unspecified atom stereocenters. The minimum absolute atomic E-state index is 1.10. The highest BCUT2D eigenvalue weighted by atomic mass is 15.0. The molecule has 3 N–H and O–H groups in total. The smallest absolute Gasteiger partial charge is 0.00772 e. The van der Waals surface area contributed by atoms with Gasteiger partial charge in [0, 0.05) is 26.2 Å². The minimum Gasteiger partial charge on any atom is -0.315 e. The van der Waals surface area contributed by atoms with Crippen LogP contribution in [0, 0.1) is 0 Å². The lowest BCUT2D eigenvalue weighted by Crippen LogP contribution is -2.36. The van der Waals surface area contributed by atoms with Crippen molar-refractivity contribution in [3.63, 3.8) is 0 Å². The molecule has 1 saturated heterocycles. The van der Waals surface area contributed by atoms with Gasteiger partial charge in [-0.3, -0.25) is 0 Å². The van der Waals surface area contributed by atoms with Crippen molar-refractivity contribution in [3.8, 4) is 0 Å². The van der Waals surface area contributed by atoms with Crippen molar-refractivity contribution in [3.05, 3.63) is 0 Å². The SMILES string of the molecule is C1CNCCNCCNC1. The van der Waals surface area contributed by atoms with Gasteiger partial charge in [-0.2, -0.15) is 0 Å². The van der Waals surface area contributed by atoms with Crippen molar-refractivity contribution in [2.24, 2.45) is 0 Å². The Hall–Kier alpha value is -0.120. The summed E-state index contributed by atoms with van der Waals surface area (Å²) in [6, 6.07) is 0. The zero-order chi connectivity index (χ0) is 7.07. The predicted molar refractivity (Wildman–Crippen MR) is 43.2 cm³/mol. The van der Waals surface area contributed by atoms with Crippen molar-refractivity contribution < 1.29 is 0 Å². The molecule has 1 fully saturated rings. The van der Waals surface area contributed by atoms with Crippen molar-refractivity contribution in [2.45, 2.75) is 6.42 Å². The zero-order valence-electron chi connectivity index (χ0n) is 6.45. The maximum atomic E-state index is 3.35. The van der Waals surface area contributed by atoms with Gasteiger partial charge < -0.3 is 16.0 Å². The van der Waals surface area contributed by atoms with Crippen molar-refractivity contribution in [1.82, 2.24) is 16.0 Å². The fourth-order valence-electron chi connectivity index (χ4n) is 1.07. The average Bonchev–Trinajstić information content (AvgIpc) is 2.01. The van der Waals surface area contributed by atoms with Gasteiger partial charge in [0.15, 0.2) is 0 Å². The van der Waals surface area contributed by atoms with Crippen molar-refractivity contribution in [2.75, 3.05) is 39.3 Å². The van der Waals surface area contributed by atoms with E-state index in [1.54, 1.807) is 0 Å². The molecule has 10 heavy (non-hydrogen) atoms. The second kappa shape index (κ2) is 5.65. The van der Waals surface area contributed by atoms with Crippen LogP contribution in [0.4, 0.5) is 0 Å². The third kappa shape index (κ3) is 3.82. The summed E-state index contributed by atoms with van der Waals surface area (Å²) < 4.78 is 0. The van der Waals surface area contributed by atoms with Gasteiger partial charge in [0.25, 0.3) is 0 Å². The molecule has 0 aromatic carbocycles. The van der Waals surface area contributed by atoms with Gasteiger partial charge in [-0.15, -0.1) is 0 Å². The molecule has 1 rings (SSSR count). The molecule has 0 atom stereocenters. The summed E-state index contributed by atoms with van der Waals surface area (Å²) in [6.07, 6.45) is 1.25. The molecule has 0 saturated carbocycles. The van der Waals surface area contributed by atoms with E-state index in [0.717, 1.165) is 39.3 Å². The van der Waals surface area contributed by atoms with E-state index >= 15 is 0 Å². The molecule has 1 aliphatic heterocycles.